The second kappa shape index (κ2) is 6.04. The van der Waals surface area contributed by atoms with E-state index < -0.39 is 23.7 Å². The van der Waals surface area contributed by atoms with Gasteiger partial charge in [0.05, 0.1) is 6.61 Å². The van der Waals surface area contributed by atoms with Crippen LogP contribution in [0, 0.1) is 0 Å². The summed E-state index contributed by atoms with van der Waals surface area (Å²) < 4.78 is 10.3. The van der Waals surface area contributed by atoms with Crippen molar-refractivity contribution in [2.75, 3.05) is 26.2 Å². The summed E-state index contributed by atoms with van der Waals surface area (Å²) in [5, 5.41) is 3.07. The topological polar surface area (TPSA) is 67.9 Å². The van der Waals surface area contributed by atoms with Gasteiger partial charge < -0.3 is 14.8 Å². The maximum atomic E-state index is 12.0. The van der Waals surface area contributed by atoms with Crippen molar-refractivity contribution in [2.45, 2.75) is 39.3 Å². The zero-order valence-corrected chi connectivity index (χ0v) is 11.5. The molecule has 104 valence electrons. The van der Waals surface area contributed by atoms with Gasteiger partial charge in [-0.15, -0.1) is 0 Å². The molecule has 1 N–H and O–H groups in total. The third-order valence-electron chi connectivity index (χ3n) is 2.43. The summed E-state index contributed by atoms with van der Waals surface area (Å²) in [5.74, 6) is -0.393. The van der Waals surface area contributed by atoms with E-state index in [0.29, 0.717) is 26.2 Å². The van der Waals surface area contributed by atoms with Crippen molar-refractivity contribution in [3.05, 3.63) is 0 Å². The van der Waals surface area contributed by atoms with Gasteiger partial charge in [0.1, 0.15) is 11.6 Å². The van der Waals surface area contributed by atoms with Gasteiger partial charge in [-0.2, -0.15) is 0 Å². The highest BCUT2D eigenvalue weighted by Gasteiger charge is 2.35. The predicted molar refractivity (Wildman–Crippen MR) is 66.2 cm³/mol. The molecule has 18 heavy (non-hydrogen) atoms. The molecule has 1 aliphatic heterocycles. The van der Waals surface area contributed by atoms with Crippen molar-refractivity contribution in [1.82, 2.24) is 10.2 Å². The summed E-state index contributed by atoms with van der Waals surface area (Å²) in [5.41, 5.74) is -0.568. The van der Waals surface area contributed by atoms with E-state index in [-0.39, 0.29) is 0 Å². The average molecular weight is 258 g/mol. The molecule has 1 fully saturated rings. The maximum absolute atomic E-state index is 12.0. The number of hydrogen-bond donors (Lipinski definition) is 1. The zero-order chi connectivity index (χ0) is 13.8. The largest absolute Gasteiger partial charge is 0.464 e. The van der Waals surface area contributed by atoms with Gasteiger partial charge in [-0.25, -0.2) is 9.59 Å². The van der Waals surface area contributed by atoms with Crippen LogP contribution in [0.5, 0.6) is 0 Å². The van der Waals surface area contributed by atoms with Crippen LogP contribution in [0.15, 0.2) is 0 Å². The van der Waals surface area contributed by atoms with Crippen LogP contribution in [0.1, 0.15) is 27.7 Å². The van der Waals surface area contributed by atoms with Crippen LogP contribution in [0.4, 0.5) is 4.79 Å². The smallest absolute Gasteiger partial charge is 0.411 e. The van der Waals surface area contributed by atoms with E-state index in [2.05, 4.69) is 5.32 Å². The molecule has 0 unspecified atom stereocenters. The van der Waals surface area contributed by atoms with Crippen molar-refractivity contribution >= 4 is 12.1 Å². The Kier molecular flexibility index (Phi) is 4.95. The molecule has 0 saturated carbocycles. The number of carbonyl (C=O) groups excluding carboxylic acids is 2. The van der Waals surface area contributed by atoms with E-state index in [1.165, 1.54) is 4.90 Å². The third kappa shape index (κ3) is 4.18. The lowest BCUT2D eigenvalue weighted by molar-refractivity contribution is -0.149. The average Bonchev–Trinajstić information content (AvgIpc) is 2.27. The SMILES string of the molecule is CCOC(=O)[C@H]1CNCCN1C(=O)OC(C)(C)C. The maximum Gasteiger partial charge on any atom is 0.411 e. The van der Waals surface area contributed by atoms with E-state index >= 15 is 0 Å². The molecule has 1 amide bonds. The molecule has 1 atom stereocenters. The van der Waals surface area contributed by atoms with Crippen LogP contribution < -0.4 is 5.32 Å². The van der Waals surface area contributed by atoms with Crippen molar-refractivity contribution < 1.29 is 19.1 Å². The van der Waals surface area contributed by atoms with E-state index in [1.54, 1.807) is 27.7 Å². The molecule has 0 aromatic heterocycles. The van der Waals surface area contributed by atoms with Gasteiger partial charge in [-0.3, -0.25) is 4.90 Å². The first-order valence-electron chi connectivity index (χ1n) is 6.22. The number of nitrogens with zero attached hydrogens (tertiary/aromatic N) is 1. The molecule has 0 aromatic rings. The van der Waals surface area contributed by atoms with Crippen molar-refractivity contribution in [3.8, 4) is 0 Å². The molecule has 1 heterocycles. The molecular weight excluding hydrogens is 236 g/mol. The number of piperazine rings is 1. The number of nitrogens with one attached hydrogen (secondary N) is 1. The fourth-order valence-electron chi connectivity index (χ4n) is 1.69. The zero-order valence-electron chi connectivity index (χ0n) is 11.5. The Labute approximate surface area is 108 Å². The van der Waals surface area contributed by atoms with Crippen molar-refractivity contribution in [3.63, 3.8) is 0 Å². The first-order chi connectivity index (χ1) is 8.35. The highest BCUT2D eigenvalue weighted by atomic mass is 16.6. The molecule has 0 aliphatic carbocycles. The molecule has 1 rings (SSSR count). The highest BCUT2D eigenvalue weighted by Crippen LogP contribution is 2.14. The number of hydrogen-bond acceptors (Lipinski definition) is 5. The molecule has 0 spiro atoms. The van der Waals surface area contributed by atoms with Crippen LogP contribution in [0.25, 0.3) is 0 Å². The van der Waals surface area contributed by atoms with E-state index in [4.69, 9.17) is 9.47 Å². The van der Waals surface area contributed by atoms with Gasteiger partial charge in [-0.1, -0.05) is 0 Å². The Morgan fingerprint density at radius 3 is 2.61 bits per heavy atom. The molecule has 0 aromatic carbocycles. The third-order valence-corrected chi connectivity index (χ3v) is 2.43. The number of ether oxygens (including phenoxy) is 2. The van der Waals surface area contributed by atoms with Crippen LogP contribution in [0.2, 0.25) is 0 Å². The first-order valence-corrected chi connectivity index (χ1v) is 6.22. The second-order valence-electron chi connectivity index (χ2n) is 5.15. The van der Waals surface area contributed by atoms with Crippen molar-refractivity contribution in [2.24, 2.45) is 0 Å². The van der Waals surface area contributed by atoms with Gasteiger partial charge in [0.2, 0.25) is 0 Å². The molecule has 1 aliphatic rings. The summed E-state index contributed by atoms with van der Waals surface area (Å²) in [7, 11) is 0. The summed E-state index contributed by atoms with van der Waals surface area (Å²) in [4.78, 5) is 25.2. The molecule has 0 radical (unpaired) electrons. The Bertz CT molecular complexity index is 312. The van der Waals surface area contributed by atoms with E-state index in [1.807, 2.05) is 0 Å². The lowest BCUT2D eigenvalue weighted by Gasteiger charge is -2.35. The molecule has 1 saturated heterocycles. The van der Waals surface area contributed by atoms with Gasteiger partial charge in [0.25, 0.3) is 0 Å². The number of esters is 1. The lowest BCUT2D eigenvalue weighted by atomic mass is 10.2. The van der Waals surface area contributed by atoms with Crippen LogP contribution in [0.3, 0.4) is 0 Å². The normalized spacial score (nSPS) is 20.4. The predicted octanol–water partition coefficient (Wildman–Crippen LogP) is 0.758. The molecule has 0 bridgehead atoms. The Hall–Kier alpha value is -1.30. The molecule has 6 nitrogen and oxygen atoms in total. The Balaban J connectivity index is 2.70. The van der Waals surface area contributed by atoms with Gasteiger partial charge >= 0.3 is 12.1 Å². The fourth-order valence-corrected chi connectivity index (χ4v) is 1.69. The number of rotatable bonds is 2. The summed E-state index contributed by atoms with van der Waals surface area (Å²) in [6.45, 7) is 8.93. The van der Waals surface area contributed by atoms with E-state index in [0.717, 1.165) is 0 Å². The van der Waals surface area contributed by atoms with Crippen molar-refractivity contribution in [1.29, 1.82) is 0 Å². The quantitative estimate of drug-likeness (QED) is 0.741. The summed E-state index contributed by atoms with van der Waals surface area (Å²) in [6, 6.07) is -0.603. The minimum absolute atomic E-state index is 0.303. The first kappa shape index (κ1) is 14.8. The second-order valence-corrected chi connectivity index (χ2v) is 5.15. The van der Waals surface area contributed by atoms with Gasteiger partial charge in [0.15, 0.2) is 0 Å². The Morgan fingerprint density at radius 1 is 1.39 bits per heavy atom. The minimum Gasteiger partial charge on any atom is -0.464 e. The highest BCUT2D eigenvalue weighted by molar-refractivity contribution is 5.82. The summed E-state index contributed by atoms with van der Waals surface area (Å²) in [6.07, 6.45) is -0.470. The summed E-state index contributed by atoms with van der Waals surface area (Å²) >= 11 is 0. The molecule has 6 heteroatoms. The van der Waals surface area contributed by atoms with Crippen LogP contribution >= 0.6 is 0 Å². The number of carbonyl (C=O) groups is 2. The van der Waals surface area contributed by atoms with Gasteiger partial charge in [0, 0.05) is 19.6 Å². The Morgan fingerprint density at radius 2 is 2.06 bits per heavy atom. The fraction of sp³-hybridized carbons (Fsp3) is 0.833. The van der Waals surface area contributed by atoms with Crippen LogP contribution in [-0.2, 0) is 14.3 Å². The standard InChI is InChI=1S/C12H22N2O4/c1-5-17-10(15)9-8-13-6-7-14(9)11(16)18-12(2,3)4/h9,13H,5-8H2,1-4H3/t9-/m1/s1. The van der Waals surface area contributed by atoms with Gasteiger partial charge in [-0.05, 0) is 27.7 Å². The lowest BCUT2D eigenvalue weighted by Crippen LogP contribution is -2.58. The monoisotopic (exact) mass is 258 g/mol. The number of amides is 1. The minimum atomic E-state index is -0.603. The van der Waals surface area contributed by atoms with E-state index in [9.17, 15) is 9.59 Å². The van der Waals surface area contributed by atoms with Crippen LogP contribution in [-0.4, -0.2) is 54.8 Å². The molecular formula is C12H22N2O4.